The van der Waals surface area contributed by atoms with E-state index in [1.807, 2.05) is 0 Å². The first-order valence-electron chi connectivity index (χ1n) is 26.5. The fraction of sp³-hybridized carbons (Fsp3) is 0.862. The maximum absolute atomic E-state index is 7.27. The van der Waals surface area contributed by atoms with Gasteiger partial charge in [0, 0.05) is 0 Å². The average molecular weight is 807 g/mol. The lowest BCUT2D eigenvalue weighted by Crippen LogP contribution is -2.52. The molecule has 6 fully saturated rings. The Morgan fingerprint density at radius 3 is 1.31 bits per heavy atom. The fourth-order valence-electron chi connectivity index (χ4n) is 18.1. The highest BCUT2D eigenvalue weighted by Crippen LogP contribution is 2.69. The minimum atomic E-state index is 0.403. The standard InChI is InChI=1S/C58H94O/c1-13-41(37(3)4)17-15-39(7)49-23-25-51-47-21-19-43-35-45(27-31-55(43,9)53(47)29-33-57(49,51)11)59-46-28-32-56(10)44(36-46)20-22-48-52-26-24-50(58(52,12)34-30-54(48)56)40(8)16-18-42(14-2)38(5)6/h15-20,37-42,45-54H,13-14,21-36H2,1-12H3/b17-15+,18-16+/t39-,40-,41-,42-,45+,46+,47?,48?,49-,50-,51?,52?,53?,54?,55+,56+,57-,58-/m1/s1. The number of hydrogen-bond acceptors (Lipinski definition) is 1. The predicted molar refractivity (Wildman–Crippen MR) is 253 cm³/mol. The van der Waals surface area contributed by atoms with Crippen LogP contribution in [0.5, 0.6) is 0 Å². The molecule has 1 heteroatoms. The van der Waals surface area contributed by atoms with E-state index in [9.17, 15) is 0 Å². The van der Waals surface area contributed by atoms with Gasteiger partial charge in [-0.2, -0.15) is 0 Å². The largest absolute Gasteiger partial charge is 0.374 e. The quantitative estimate of drug-likeness (QED) is 0.179. The Kier molecular flexibility index (Phi) is 12.9. The number of rotatable bonds is 12. The van der Waals surface area contributed by atoms with Crippen LogP contribution in [0.25, 0.3) is 0 Å². The molecular formula is C58H94O. The first kappa shape index (κ1) is 44.5. The van der Waals surface area contributed by atoms with Crippen LogP contribution in [-0.4, -0.2) is 12.2 Å². The molecule has 6 unspecified atom stereocenters. The topological polar surface area (TPSA) is 9.23 Å². The van der Waals surface area contributed by atoms with E-state index in [1.54, 1.807) is 11.1 Å². The third-order valence-corrected chi connectivity index (χ3v) is 21.9. The van der Waals surface area contributed by atoms with E-state index in [-0.39, 0.29) is 0 Å². The predicted octanol–water partition coefficient (Wildman–Crippen LogP) is 16.6. The lowest BCUT2D eigenvalue weighted by Gasteiger charge is -2.59. The number of ether oxygens (including phenoxy) is 1. The molecule has 18 atom stereocenters. The Hall–Kier alpha value is -1.08. The summed E-state index contributed by atoms with van der Waals surface area (Å²) in [6.45, 7) is 30.4. The third kappa shape index (κ3) is 7.74. The molecule has 6 saturated carbocycles. The van der Waals surface area contributed by atoms with Crippen LogP contribution in [0.2, 0.25) is 0 Å². The van der Waals surface area contributed by atoms with Gasteiger partial charge in [-0.25, -0.2) is 0 Å². The molecule has 8 aliphatic rings. The van der Waals surface area contributed by atoms with E-state index in [4.69, 9.17) is 4.74 Å². The molecule has 0 aromatic rings. The Balaban J connectivity index is 0.880. The van der Waals surface area contributed by atoms with Crippen LogP contribution in [0.1, 0.15) is 199 Å². The van der Waals surface area contributed by atoms with E-state index in [0.29, 0.717) is 45.7 Å². The van der Waals surface area contributed by atoms with Gasteiger partial charge in [0.1, 0.15) is 0 Å². The van der Waals surface area contributed by atoms with E-state index in [0.717, 1.165) is 71.0 Å². The average Bonchev–Trinajstić information content (AvgIpc) is 3.75. The summed E-state index contributed by atoms with van der Waals surface area (Å²) in [5.74, 6) is 11.5. The Bertz CT molecular complexity index is 1470. The Morgan fingerprint density at radius 1 is 0.525 bits per heavy atom. The van der Waals surface area contributed by atoms with Crippen molar-refractivity contribution < 1.29 is 4.74 Å². The molecule has 59 heavy (non-hydrogen) atoms. The van der Waals surface area contributed by atoms with Crippen molar-refractivity contribution in [1.82, 2.24) is 0 Å². The second kappa shape index (κ2) is 17.1. The normalized spacial score (nSPS) is 46.5. The van der Waals surface area contributed by atoms with E-state index in [2.05, 4.69) is 120 Å². The molecular weight excluding hydrogens is 713 g/mol. The second-order valence-electron chi connectivity index (χ2n) is 25.0. The first-order chi connectivity index (χ1) is 28.1. The van der Waals surface area contributed by atoms with E-state index in [1.165, 1.54) is 116 Å². The van der Waals surface area contributed by atoms with Crippen LogP contribution in [-0.2, 0) is 4.74 Å². The maximum atomic E-state index is 7.27. The smallest absolute Gasteiger partial charge is 0.0616 e. The van der Waals surface area contributed by atoms with Crippen molar-refractivity contribution in [3.05, 3.63) is 47.6 Å². The van der Waals surface area contributed by atoms with Crippen molar-refractivity contribution in [2.75, 3.05) is 0 Å². The molecule has 0 aliphatic heterocycles. The van der Waals surface area contributed by atoms with Gasteiger partial charge in [-0.1, -0.05) is 131 Å². The molecule has 0 aromatic heterocycles. The van der Waals surface area contributed by atoms with Gasteiger partial charge >= 0.3 is 0 Å². The van der Waals surface area contributed by atoms with Crippen LogP contribution in [0.3, 0.4) is 0 Å². The van der Waals surface area contributed by atoms with E-state index < -0.39 is 0 Å². The molecule has 0 aromatic carbocycles. The molecule has 1 nitrogen and oxygen atoms in total. The van der Waals surface area contributed by atoms with Crippen molar-refractivity contribution in [1.29, 1.82) is 0 Å². The molecule has 0 bridgehead atoms. The van der Waals surface area contributed by atoms with Gasteiger partial charge in [0.15, 0.2) is 0 Å². The second-order valence-corrected chi connectivity index (χ2v) is 25.0. The lowest BCUT2D eigenvalue weighted by atomic mass is 9.47. The summed E-state index contributed by atoms with van der Waals surface area (Å²) in [6, 6.07) is 0. The maximum Gasteiger partial charge on any atom is 0.0616 e. The summed E-state index contributed by atoms with van der Waals surface area (Å²) in [5.41, 5.74) is 5.46. The van der Waals surface area contributed by atoms with Crippen molar-refractivity contribution in [2.24, 2.45) is 105 Å². The summed E-state index contributed by atoms with van der Waals surface area (Å²) < 4.78 is 7.27. The summed E-state index contributed by atoms with van der Waals surface area (Å²) >= 11 is 0. The summed E-state index contributed by atoms with van der Waals surface area (Å²) in [5, 5.41) is 0. The highest BCUT2D eigenvalue weighted by atomic mass is 16.5. The zero-order chi connectivity index (χ0) is 42.1. The summed E-state index contributed by atoms with van der Waals surface area (Å²) in [7, 11) is 0. The minimum Gasteiger partial charge on any atom is -0.374 e. The summed E-state index contributed by atoms with van der Waals surface area (Å²) in [6.07, 6.45) is 41.6. The van der Waals surface area contributed by atoms with Crippen LogP contribution >= 0.6 is 0 Å². The monoisotopic (exact) mass is 807 g/mol. The van der Waals surface area contributed by atoms with Crippen molar-refractivity contribution >= 4 is 0 Å². The van der Waals surface area contributed by atoms with Crippen LogP contribution in [0.15, 0.2) is 47.6 Å². The minimum absolute atomic E-state index is 0.403. The van der Waals surface area contributed by atoms with Gasteiger partial charge in [-0.05, 0) is 220 Å². The van der Waals surface area contributed by atoms with Gasteiger partial charge in [0.25, 0.3) is 0 Å². The van der Waals surface area contributed by atoms with Gasteiger partial charge in [0.2, 0.25) is 0 Å². The van der Waals surface area contributed by atoms with Crippen LogP contribution in [0, 0.1) is 105 Å². The van der Waals surface area contributed by atoms with Gasteiger partial charge in [0.05, 0.1) is 12.2 Å². The highest BCUT2D eigenvalue weighted by Gasteiger charge is 2.61. The number of fused-ring (bicyclic) bond motifs is 10. The number of hydrogen-bond donors (Lipinski definition) is 0. The molecule has 0 amide bonds. The van der Waals surface area contributed by atoms with E-state index >= 15 is 0 Å². The van der Waals surface area contributed by atoms with Gasteiger partial charge in [-0.3, -0.25) is 0 Å². The Labute approximate surface area is 366 Å². The molecule has 0 N–H and O–H groups in total. The fourth-order valence-corrected chi connectivity index (χ4v) is 18.1. The molecule has 0 heterocycles. The molecule has 332 valence electrons. The zero-order valence-electron chi connectivity index (χ0n) is 40.8. The van der Waals surface area contributed by atoms with Crippen molar-refractivity contribution in [2.45, 2.75) is 211 Å². The SMILES string of the molecule is CC[C@H](/C=C/[C@@H](C)[C@H]1CCC2C3CC=C4C[C@@H](O[C@H]5CC[C@@]6(C)C(=CCC7C6CC[C@@]6(C)C7CC[C@@H]6[C@H](C)/C=C/[C@@H](CC)C(C)C)C5)CC[C@]4(C)C3CC[C@@]21C)C(C)C. The summed E-state index contributed by atoms with van der Waals surface area (Å²) in [4.78, 5) is 0. The molecule has 0 saturated heterocycles. The Morgan fingerprint density at radius 2 is 0.932 bits per heavy atom. The number of allylic oxidation sites excluding steroid dienone is 6. The first-order valence-corrected chi connectivity index (χ1v) is 26.5. The van der Waals surface area contributed by atoms with Gasteiger partial charge < -0.3 is 4.74 Å². The molecule has 8 rings (SSSR count). The van der Waals surface area contributed by atoms with Crippen molar-refractivity contribution in [3.63, 3.8) is 0 Å². The lowest BCUT2D eigenvalue weighted by molar-refractivity contribution is -0.0916. The molecule has 0 spiro atoms. The highest BCUT2D eigenvalue weighted by molar-refractivity contribution is 5.28. The molecule has 0 radical (unpaired) electrons. The molecule has 8 aliphatic carbocycles. The van der Waals surface area contributed by atoms with Gasteiger partial charge in [-0.15, -0.1) is 0 Å². The van der Waals surface area contributed by atoms with Crippen molar-refractivity contribution in [3.8, 4) is 0 Å². The van der Waals surface area contributed by atoms with Crippen LogP contribution in [0.4, 0.5) is 0 Å². The van der Waals surface area contributed by atoms with Crippen LogP contribution < -0.4 is 0 Å². The third-order valence-electron chi connectivity index (χ3n) is 21.9. The zero-order valence-corrected chi connectivity index (χ0v) is 40.8.